The van der Waals surface area contributed by atoms with Crippen LogP contribution in [0.2, 0.25) is 0 Å². The number of nitrogens with two attached hydrogens (primary N) is 1. The van der Waals surface area contributed by atoms with E-state index < -0.39 is 6.10 Å². The van der Waals surface area contributed by atoms with E-state index in [1.54, 1.807) is 6.92 Å². The minimum absolute atomic E-state index is 0.177. The van der Waals surface area contributed by atoms with Gasteiger partial charge in [0.1, 0.15) is 5.82 Å². The van der Waals surface area contributed by atoms with E-state index in [1.165, 1.54) is 17.8 Å². The summed E-state index contributed by atoms with van der Waals surface area (Å²) in [5, 5.41) is 10.1. The van der Waals surface area contributed by atoms with E-state index in [4.69, 9.17) is 5.73 Å². The highest BCUT2D eigenvalue weighted by Gasteiger charge is 2.10. The summed E-state index contributed by atoms with van der Waals surface area (Å²) in [5.41, 5.74) is 6.01. The van der Waals surface area contributed by atoms with Crippen molar-refractivity contribution in [3.63, 3.8) is 0 Å². The Hall–Kier alpha value is -1.79. The standard InChI is InChI=1S/C12H13N3O2S/c1-7(16)8-4-2-3-5-9(8)18-12-14-10(13)6-11(17)15-12/h2-7,16H,1H3,(H3,13,14,15,17). The zero-order chi connectivity index (χ0) is 13.1. The monoisotopic (exact) mass is 263 g/mol. The fourth-order valence-electron chi connectivity index (χ4n) is 1.52. The van der Waals surface area contributed by atoms with Crippen molar-refractivity contribution in [3.05, 3.63) is 46.2 Å². The van der Waals surface area contributed by atoms with Crippen LogP contribution in [0.3, 0.4) is 0 Å². The number of aromatic nitrogens is 2. The summed E-state index contributed by atoms with van der Waals surface area (Å²) in [7, 11) is 0. The van der Waals surface area contributed by atoms with Gasteiger partial charge in [0.05, 0.1) is 6.10 Å². The van der Waals surface area contributed by atoms with Crippen LogP contribution in [0, 0.1) is 0 Å². The smallest absolute Gasteiger partial charge is 0.253 e. The second-order valence-electron chi connectivity index (χ2n) is 3.79. The molecule has 0 bridgehead atoms. The Morgan fingerprint density at radius 3 is 2.83 bits per heavy atom. The summed E-state index contributed by atoms with van der Waals surface area (Å²) in [5.74, 6) is 0.177. The Balaban J connectivity index is 2.37. The number of hydrogen-bond acceptors (Lipinski definition) is 5. The van der Waals surface area contributed by atoms with Crippen LogP contribution in [0.15, 0.2) is 45.2 Å². The maximum Gasteiger partial charge on any atom is 0.253 e. The number of nitrogens with one attached hydrogen (secondary N) is 1. The van der Waals surface area contributed by atoms with Crippen molar-refractivity contribution in [2.24, 2.45) is 0 Å². The number of H-pyrrole nitrogens is 1. The molecule has 4 N–H and O–H groups in total. The number of benzene rings is 1. The van der Waals surface area contributed by atoms with Crippen LogP contribution in [0.5, 0.6) is 0 Å². The van der Waals surface area contributed by atoms with E-state index in [2.05, 4.69) is 9.97 Å². The molecule has 18 heavy (non-hydrogen) atoms. The second-order valence-corrected chi connectivity index (χ2v) is 4.82. The topological polar surface area (TPSA) is 92.0 Å². The molecule has 1 unspecified atom stereocenters. The minimum atomic E-state index is -0.582. The molecule has 0 radical (unpaired) electrons. The maximum atomic E-state index is 11.3. The number of hydrogen-bond donors (Lipinski definition) is 3. The van der Waals surface area contributed by atoms with Crippen LogP contribution in [0.25, 0.3) is 0 Å². The van der Waals surface area contributed by atoms with Gasteiger partial charge in [0.2, 0.25) is 0 Å². The van der Waals surface area contributed by atoms with Crippen LogP contribution in [-0.2, 0) is 0 Å². The molecule has 0 aliphatic heterocycles. The van der Waals surface area contributed by atoms with Crippen molar-refractivity contribution < 1.29 is 5.11 Å². The molecule has 5 nitrogen and oxygen atoms in total. The third-order valence-electron chi connectivity index (χ3n) is 2.32. The Kier molecular flexibility index (Phi) is 3.69. The van der Waals surface area contributed by atoms with Gasteiger partial charge in [-0.25, -0.2) is 4.98 Å². The van der Waals surface area contributed by atoms with Gasteiger partial charge in [-0.1, -0.05) is 30.0 Å². The summed E-state index contributed by atoms with van der Waals surface area (Å²) < 4.78 is 0. The normalized spacial score (nSPS) is 12.3. The fraction of sp³-hybridized carbons (Fsp3) is 0.167. The van der Waals surface area contributed by atoms with E-state index in [0.717, 1.165) is 10.5 Å². The first-order valence-electron chi connectivity index (χ1n) is 5.38. The highest BCUT2D eigenvalue weighted by Crippen LogP contribution is 2.30. The molecule has 6 heteroatoms. The van der Waals surface area contributed by atoms with E-state index in [-0.39, 0.29) is 11.4 Å². The van der Waals surface area contributed by atoms with E-state index >= 15 is 0 Å². The van der Waals surface area contributed by atoms with Gasteiger partial charge >= 0.3 is 0 Å². The molecule has 0 fully saturated rings. The van der Waals surface area contributed by atoms with Crippen molar-refractivity contribution in [1.82, 2.24) is 9.97 Å². The Bertz CT molecular complexity index is 610. The first kappa shape index (κ1) is 12.7. The number of nitrogens with zero attached hydrogens (tertiary/aromatic N) is 1. The molecular weight excluding hydrogens is 250 g/mol. The molecule has 1 heterocycles. The largest absolute Gasteiger partial charge is 0.389 e. The minimum Gasteiger partial charge on any atom is -0.389 e. The van der Waals surface area contributed by atoms with Crippen molar-refractivity contribution >= 4 is 17.6 Å². The number of aromatic amines is 1. The molecule has 2 aromatic rings. The lowest BCUT2D eigenvalue weighted by Gasteiger charge is -2.10. The van der Waals surface area contributed by atoms with Crippen molar-refractivity contribution in [3.8, 4) is 0 Å². The van der Waals surface area contributed by atoms with Gasteiger partial charge in [0.15, 0.2) is 5.16 Å². The molecule has 0 aliphatic carbocycles. The molecular formula is C12H13N3O2S. The lowest BCUT2D eigenvalue weighted by atomic mass is 10.1. The predicted molar refractivity (Wildman–Crippen MR) is 70.5 cm³/mol. The van der Waals surface area contributed by atoms with Crippen LogP contribution in [0.4, 0.5) is 5.82 Å². The molecule has 0 saturated carbocycles. The van der Waals surface area contributed by atoms with Crippen molar-refractivity contribution in [2.75, 3.05) is 5.73 Å². The summed E-state index contributed by atoms with van der Waals surface area (Å²) in [6.45, 7) is 1.69. The third kappa shape index (κ3) is 2.91. The van der Waals surface area contributed by atoms with Gasteiger partial charge in [-0.15, -0.1) is 0 Å². The average Bonchev–Trinajstić information content (AvgIpc) is 2.27. The number of aliphatic hydroxyl groups is 1. The van der Waals surface area contributed by atoms with Gasteiger partial charge in [-0.3, -0.25) is 4.79 Å². The van der Waals surface area contributed by atoms with Gasteiger partial charge in [-0.05, 0) is 18.6 Å². The number of nitrogen functional groups attached to an aromatic ring is 1. The SMILES string of the molecule is CC(O)c1ccccc1Sc1nc(N)cc(=O)[nH]1. The van der Waals surface area contributed by atoms with Crippen LogP contribution in [-0.4, -0.2) is 15.1 Å². The zero-order valence-corrected chi connectivity index (χ0v) is 10.6. The molecule has 0 amide bonds. The molecule has 1 aromatic carbocycles. The van der Waals surface area contributed by atoms with E-state index in [0.29, 0.717) is 5.16 Å². The van der Waals surface area contributed by atoms with Gasteiger partial charge < -0.3 is 15.8 Å². The average molecular weight is 263 g/mol. The van der Waals surface area contributed by atoms with Gasteiger partial charge in [0.25, 0.3) is 5.56 Å². The molecule has 0 aliphatic rings. The van der Waals surface area contributed by atoms with Gasteiger partial charge in [0, 0.05) is 11.0 Å². The van der Waals surface area contributed by atoms with Crippen molar-refractivity contribution in [2.45, 2.75) is 23.1 Å². The predicted octanol–water partition coefficient (Wildman–Crippen LogP) is 1.56. The Morgan fingerprint density at radius 2 is 2.17 bits per heavy atom. The molecule has 0 spiro atoms. The van der Waals surface area contributed by atoms with Crippen molar-refractivity contribution in [1.29, 1.82) is 0 Å². The molecule has 94 valence electrons. The summed E-state index contributed by atoms with van der Waals surface area (Å²) in [6.07, 6.45) is -0.582. The summed E-state index contributed by atoms with van der Waals surface area (Å²) >= 11 is 1.26. The van der Waals surface area contributed by atoms with Crippen LogP contribution in [0.1, 0.15) is 18.6 Å². The third-order valence-corrected chi connectivity index (χ3v) is 3.29. The lowest BCUT2D eigenvalue weighted by molar-refractivity contribution is 0.196. The highest BCUT2D eigenvalue weighted by atomic mass is 32.2. The lowest BCUT2D eigenvalue weighted by Crippen LogP contribution is -2.09. The van der Waals surface area contributed by atoms with E-state index in [1.807, 2.05) is 24.3 Å². The Morgan fingerprint density at radius 1 is 1.44 bits per heavy atom. The molecule has 2 rings (SSSR count). The number of rotatable bonds is 3. The molecule has 1 atom stereocenters. The maximum absolute atomic E-state index is 11.3. The first-order valence-corrected chi connectivity index (χ1v) is 6.19. The summed E-state index contributed by atoms with van der Waals surface area (Å²) in [4.78, 5) is 18.7. The van der Waals surface area contributed by atoms with E-state index in [9.17, 15) is 9.90 Å². The highest BCUT2D eigenvalue weighted by molar-refractivity contribution is 7.99. The van der Waals surface area contributed by atoms with Crippen LogP contribution >= 0.6 is 11.8 Å². The Labute approximate surface area is 108 Å². The van der Waals surface area contributed by atoms with Gasteiger partial charge in [-0.2, -0.15) is 0 Å². The quantitative estimate of drug-likeness (QED) is 0.731. The first-order chi connectivity index (χ1) is 8.56. The second kappa shape index (κ2) is 5.24. The fourth-order valence-corrected chi connectivity index (χ4v) is 2.54. The zero-order valence-electron chi connectivity index (χ0n) is 9.75. The number of anilines is 1. The molecule has 1 aromatic heterocycles. The molecule has 0 saturated heterocycles. The van der Waals surface area contributed by atoms with Crippen LogP contribution < -0.4 is 11.3 Å². The summed E-state index contributed by atoms with van der Waals surface area (Å²) in [6, 6.07) is 8.62. The number of aliphatic hydroxyl groups excluding tert-OH is 1.